The number of methoxy groups -OCH3 is 1. The number of nitrogens with zero attached hydrogens (tertiary/aromatic N) is 1. The van der Waals surface area contributed by atoms with Crippen molar-refractivity contribution in [1.29, 1.82) is 0 Å². The molecular weight excluding hydrogens is 383 g/mol. The van der Waals surface area contributed by atoms with Crippen molar-refractivity contribution < 1.29 is 18.7 Å². The first-order chi connectivity index (χ1) is 14.5. The molecule has 0 aromatic heterocycles. The highest BCUT2D eigenvalue weighted by Gasteiger charge is 2.34. The number of anilines is 1. The summed E-state index contributed by atoms with van der Waals surface area (Å²) in [5.41, 5.74) is 3.54. The number of halogens is 1. The molecule has 0 saturated heterocycles. The molecule has 0 bridgehead atoms. The molecule has 0 radical (unpaired) electrons. The van der Waals surface area contributed by atoms with Crippen LogP contribution in [0.4, 0.5) is 10.1 Å². The molecule has 0 saturated carbocycles. The Balaban J connectivity index is 1.88. The van der Waals surface area contributed by atoms with E-state index in [1.165, 1.54) is 24.1 Å². The summed E-state index contributed by atoms with van der Waals surface area (Å²) in [5, 5.41) is 2.89. The zero-order valence-corrected chi connectivity index (χ0v) is 16.7. The molecule has 1 heterocycles. The molecule has 4 rings (SSSR count). The minimum Gasteiger partial charge on any atom is -0.497 e. The van der Waals surface area contributed by atoms with Crippen molar-refractivity contribution in [1.82, 2.24) is 4.90 Å². The number of ether oxygens (including phenoxy) is 1. The van der Waals surface area contributed by atoms with Crippen LogP contribution in [0.1, 0.15) is 33.1 Å². The van der Waals surface area contributed by atoms with Crippen LogP contribution < -0.4 is 10.1 Å². The van der Waals surface area contributed by atoms with Gasteiger partial charge >= 0.3 is 0 Å². The Hall–Kier alpha value is -3.67. The van der Waals surface area contributed by atoms with E-state index < -0.39 is 6.04 Å². The molecule has 0 aliphatic carbocycles. The molecule has 3 aromatic rings. The Bertz CT molecular complexity index is 1110. The Morgan fingerprint density at radius 3 is 2.60 bits per heavy atom. The van der Waals surface area contributed by atoms with E-state index >= 15 is 0 Å². The molecule has 1 N–H and O–H groups in total. The van der Waals surface area contributed by atoms with Crippen LogP contribution in [0.15, 0.2) is 66.7 Å². The van der Waals surface area contributed by atoms with Crippen LogP contribution in [0, 0.1) is 12.7 Å². The summed E-state index contributed by atoms with van der Waals surface area (Å²) in [6.45, 7) is 1.81. The number of aryl methyl sites for hydroxylation is 1. The van der Waals surface area contributed by atoms with Crippen molar-refractivity contribution in [2.45, 2.75) is 13.0 Å². The summed E-state index contributed by atoms with van der Waals surface area (Å²) in [5.74, 6) is -0.417. The molecule has 1 atom stereocenters. The number of carbonyl (C=O) groups is 2. The lowest BCUT2D eigenvalue weighted by Gasteiger charge is -2.31. The zero-order chi connectivity index (χ0) is 21.3. The molecule has 1 aliphatic rings. The number of fused-ring (bicyclic) bond motifs is 1. The van der Waals surface area contributed by atoms with Crippen molar-refractivity contribution in [3.8, 4) is 5.75 Å². The zero-order valence-electron chi connectivity index (χ0n) is 16.7. The van der Waals surface area contributed by atoms with Crippen molar-refractivity contribution >= 4 is 17.5 Å². The predicted octanol–water partition coefficient (Wildman–Crippen LogP) is 4.33. The lowest BCUT2D eigenvalue weighted by molar-refractivity contribution is -0.117. The maximum Gasteiger partial charge on any atom is 0.255 e. The Kier molecular flexibility index (Phi) is 5.23. The fraction of sp³-hybridized carbons (Fsp3) is 0.167. The lowest BCUT2D eigenvalue weighted by atomic mass is 9.94. The Labute approximate surface area is 174 Å². The maximum absolute atomic E-state index is 13.6. The minimum absolute atomic E-state index is 0.133. The van der Waals surface area contributed by atoms with Gasteiger partial charge in [0, 0.05) is 16.8 Å². The second-order valence-electron chi connectivity index (χ2n) is 7.26. The first-order valence-corrected chi connectivity index (χ1v) is 9.57. The largest absolute Gasteiger partial charge is 0.497 e. The Morgan fingerprint density at radius 2 is 1.87 bits per heavy atom. The monoisotopic (exact) mass is 404 g/mol. The van der Waals surface area contributed by atoms with E-state index in [1.54, 1.807) is 36.4 Å². The van der Waals surface area contributed by atoms with Gasteiger partial charge in [0.1, 0.15) is 18.1 Å². The first kappa shape index (κ1) is 19.6. The quantitative estimate of drug-likeness (QED) is 0.707. The molecule has 6 heteroatoms. The topological polar surface area (TPSA) is 58.6 Å². The number of rotatable bonds is 3. The molecule has 1 aliphatic heterocycles. The van der Waals surface area contributed by atoms with E-state index in [2.05, 4.69) is 5.32 Å². The summed E-state index contributed by atoms with van der Waals surface area (Å²) < 4.78 is 18.8. The third-order valence-corrected chi connectivity index (χ3v) is 5.16. The number of hydrogen-bond acceptors (Lipinski definition) is 3. The van der Waals surface area contributed by atoms with Crippen molar-refractivity contribution in [3.05, 3.63) is 94.8 Å². The highest BCUT2D eigenvalue weighted by molar-refractivity contribution is 6.01. The van der Waals surface area contributed by atoms with Gasteiger partial charge in [0.25, 0.3) is 5.91 Å². The van der Waals surface area contributed by atoms with E-state index in [4.69, 9.17) is 4.74 Å². The van der Waals surface area contributed by atoms with Gasteiger partial charge in [-0.3, -0.25) is 9.59 Å². The lowest BCUT2D eigenvalue weighted by Crippen LogP contribution is -2.39. The average molecular weight is 404 g/mol. The van der Waals surface area contributed by atoms with Crippen LogP contribution >= 0.6 is 0 Å². The Morgan fingerprint density at radius 1 is 1.10 bits per heavy atom. The second kappa shape index (κ2) is 7.99. The second-order valence-corrected chi connectivity index (χ2v) is 7.26. The molecule has 0 fully saturated rings. The van der Waals surface area contributed by atoms with Gasteiger partial charge in [-0.1, -0.05) is 35.9 Å². The number of nitrogens with one attached hydrogen (secondary N) is 1. The van der Waals surface area contributed by atoms with Gasteiger partial charge in [0.2, 0.25) is 5.91 Å². The summed E-state index contributed by atoms with van der Waals surface area (Å²) in [7, 11) is 1.53. The maximum atomic E-state index is 13.6. The molecule has 1 unspecified atom stereocenters. The first-order valence-electron chi connectivity index (χ1n) is 9.57. The van der Waals surface area contributed by atoms with Crippen molar-refractivity contribution in [2.24, 2.45) is 0 Å². The summed E-state index contributed by atoms with van der Waals surface area (Å²) in [4.78, 5) is 27.7. The molecule has 0 spiro atoms. The third-order valence-electron chi connectivity index (χ3n) is 5.16. The summed E-state index contributed by atoms with van der Waals surface area (Å²) in [6, 6.07) is 17.9. The number of carbonyl (C=O) groups excluding carboxylic acids is 2. The van der Waals surface area contributed by atoms with Gasteiger partial charge in [-0.2, -0.15) is 0 Å². The predicted molar refractivity (Wildman–Crippen MR) is 112 cm³/mol. The van der Waals surface area contributed by atoms with Crippen molar-refractivity contribution in [2.75, 3.05) is 19.0 Å². The molecule has 30 heavy (non-hydrogen) atoms. The third kappa shape index (κ3) is 3.76. The van der Waals surface area contributed by atoms with Gasteiger partial charge in [0.15, 0.2) is 0 Å². The fourth-order valence-corrected chi connectivity index (χ4v) is 3.74. The molecule has 3 aromatic carbocycles. The molecule has 2 amide bonds. The van der Waals surface area contributed by atoms with Crippen LogP contribution in [-0.4, -0.2) is 30.4 Å². The average Bonchev–Trinajstić information content (AvgIpc) is 2.89. The van der Waals surface area contributed by atoms with E-state index in [1.807, 2.05) is 25.1 Å². The highest BCUT2D eigenvalue weighted by Crippen LogP contribution is 2.37. The smallest absolute Gasteiger partial charge is 0.255 e. The molecule has 152 valence electrons. The normalized spacial score (nSPS) is 15.8. The summed E-state index contributed by atoms with van der Waals surface area (Å²) in [6.07, 6.45) is 0. The number of amides is 2. The van der Waals surface area contributed by atoms with Gasteiger partial charge < -0.3 is 15.0 Å². The standard InChI is InChI=1S/C24H21FN2O3/c1-15-6-11-21-20(12-15)23(16-7-9-18(25)10-8-16)27(14-22(28)26-21)24(29)17-4-3-5-19(13-17)30-2/h3-13,23H,14H2,1-2H3,(H,26,28). The molecular formula is C24H21FN2O3. The fourth-order valence-electron chi connectivity index (χ4n) is 3.74. The minimum atomic E-state index is -0.557. The van der Waals surface area contributed by atoms with Gasteiger partial charge in [0.05, 0.1) is 13.2 Å². The van der Waals surface area contributed by atoms with Crippen LogP contribution in [-0.2, 0) is 4.79 Å². The van der Waals surface area contributed by atoms with Crippen LogP contribution in [0.3, 0.4) is 0 Å². The van der Waals surface area contributed by atoms with Crippen molar-refractivity contribution in [3.63, 3.8) is 0 Å². The van der Waals surface area contributed by atoms with E-state index in [0.717, 1.165) is 16.7 Å². The van der Waals surface area contributed by atoms with E-state index in [9.17, 15) is 14.0 Å². The summed E-state index contributed by atoms with van der Waals surface area (Å²) >= 11 is 0. The van der Waals surface area contributed by atoms with Crippen LogP contribution in [0.5, 0.6) is 5.75 Å². The van der Waals surface area contributed by atoms with Crippen LogP contribution in [0.2, 0.25) is 0 Å². The number of hydrogen-bond donors (Lipinski definition) is 1. The van der Waals surface area contributed by atoms with Crippen LogP contribution in [0.25, 0.3) is 0 Å². The molecule has 5 nitrogen and oxygen atoms in total. The van der Waals surface area contributed by atoms with Gasteiger partial charge in [-0.15, -0.1) is 0 Å². The SMILES string of the molecule is COc1cccc(C(=O)N2CC(=O)Nc3ccc(C)cc3C2c2ccc(F)cc2)c1. The van der Waals surface area contributed by atoms with E-state index in [-0.39, 0.29) is 24.2 Å². The van der Waals surface area contributed by atoms with Gasteiger partial charge in [-0.25, -0.2) is 4.39 Å². The van der Waals surface area contributed by atoms with Gasteiger partial charge in [-0.05, 0) is 48.9 Å². The van der Waals surface area contributed by atoms with E-state index in [0.29, 0.717) is 17.0 Å². The number of benzene rings is 3. The highest BCUT2D eigenvalue weighted by atomic mass is 19.1.